The first-order valence-corrected chi connectivity index (χ1v) is 11.2. The highest BCUT2D eigenvalue weighted by molar-refractivity contribution is 6.46. The molecule has 2 heterocycles. The van der Waals surface area contributed by atoms with Gasteiger partial charge in [0.05, 0.1) is 46.9 Å². The molecular weight excluding hydrogens is 438 g/mol. The van der Waals surface area contributed by atoms with Crippen molar-refractivity contribution in [2.24, 2.45) is 0 Å². The Kier molecular flexibility index (Phi) is 7.46. The molecular formula is C25H31N3O6. The van der Waals surface area contributed by atoms with Gasteiger partial charge < -0.3 is 29.4 Å². The Morgan fingerprint density at radius 1 is 1.21 bits per heavy atom. The minimum absolute atomic E-state index is 0.149. The minimum atomic E-state index is -0.900. The Morgan fingerprint density at radius 3 is 2.50 bits per heavy atom. The summed E-state index contributed by atoms with van der Waals surface area (Å²) >= 11 is 0. The molecule has 1 aromatic heterocycles. The number of quaternary nitrogens is 1. The highest BCUT2D eigenvalue weighted by Gasteiger charge is 2.45. The highest BCUT2D eigenvalue weighted by atomic mass is 16.5. The summed E-state index contributed by atoms with van der Waals surface area (Å²) < 4.78 is 10.6. The van der Waals surface area contributed by atoms with Crippen molar-refractivity contribution >= 4 is 23.4 Å². The molecule has 1 amide bonds. The summed E-state index contributed by atoms with van der Waals surface area (Å²) in [6, 6.07) is 6.13. The van der Waals surface area contributed by atoms with E-state index in [1.54, 1.807) is 45.0 Å². The van der Waals surface area contributed by atoms with Crippen LogP contribution in [-0.4, -0.2) is 68.4 Å². The Bertz CT molecular complexity index is 1150. The number of nitrogens with zero attached hydrogens (tertiary/aromatic N) is 1. The van der Waals surface area contributed by atoms with Crippen molar-refractivity contribution < 1.29 is 33.9 Å². The standard InChI is InChI=1S/C25H31N3O6/c1-7-34-25(32)20-14(2)18(15(3)26-20)22(29)19-21(16-10-8-9-11-17(16)33-6)28(13-12-27(4)5)24(31)23(19)30/h8-11,21,26,29H,7,12-13H2,1-6H3. The first-order chi connectivity index (χ1) is 16.1. The number of rotatable bonds is 8. The van der Waals surface area contributed by atoms with Gasteiger partial charge in [-0.3, -0.25) is 9.59 Å². The second-order valence-electron chi connectivity index (χ2n) is 8.52. The Morgan fingerprint density at radius 2 is 1.88 bits per heavy atom. The Hall–Kier alpha value is -3.59. The maximum atomic E-state index is 13.9. The number of ketones is 1. The summed E-state index contributed by atoms with van der Waals surface area (Å²) in [5.74, 6) is -2.27. The Balaban J connectivity index is 2.24. The number of methoxy groups -OCH3 is 1. The molecule has 182 valence electrons. The van der Waals surface area contributed by atoms with Gasteiger partial charge in [-0.1, -0.05) is 24.0 Å². The van der Waals surface area contributed by atoms with E-state index in [1.807, 2.05) is 14.1 Å². The van der Waals surface area contributed by atoms with Gasteiger partial charge in [0.1, 0.15) is 11.4 Å². The molecule has 0 radical (unpaired) electrons. The van der Waals surface area contributed by atoms with Crippen molar-refractivity contribution in [1.82, 2.24) is 9.88 Å². The zero-order valence-electron chi connectivity index (χ0n) is 20.4. The number of esters is 1. The Labute approximate surface area is 199 Å². The second-order valence-corrected chi connectivity index (χ2v) is 8.52. The van der Waals surface area contributed by atoms with Crippen molar-refractivity contribution in [3.05, 3.63) is 57.9 Å². The first-order valence-electron chi connectivity index (χ1n) is 11.2. The third kappa shape index (κ3) is 4.43. The molecule has 1 fully saturated rings. The van der Waals surface area contributed by atoms with Crippen LogP contribution in [0.3, 0.4) is 0 Å². The number of hydrogen-bond donors (Lipinski definition) is 2. The first kappa shape index (κ1) is 25.0. The average molecular weight is 470 g/mol. The predicted molar refractivity (Wildman–Crippen MR) is 123 cm³/mol. The molecule has 1 aliphatic heterocycles. The number of aromatic amines is 1. The van der Waals surface area contributed by atoms with Gasteiger partial charge in [0.25, 0.3) is 5.91 Å². The van der Waals surface area contributed by atoms with E-state index < -0.39 is 29.5 Å². The fourth-order valence-corrected chi connectivity index (χ4v) is 4.29. The van der Waals surface area contributed by atoms with Gasteiger partial charge in [0, 0.05) is 16.8 Å². The normalized spacial score (nSPS) is 17.5. The van der Waals surface area contributed by atoms with Crippen molar-refractivity contribution in [3.8, 4) is 5.75 Å². The number of Topliss-reactive ketones (excluding diaryl/α,β-unsaturated/α-hetero) is 1. The maximum absolute atomic E-state index is 13.9. The predicted octanol–water partition coefficient (Wildman–Crippen LogP) is 0.185. The molecule has 34 heavy (non-hydrogen) atoms. The lowest BCUT2D eigenvalue weighted by atomic mass is 9.93. The number of H-pyrrole nitrogens is 1. The fraction of sp³-hybridized carbons (Fsp3) is 0.400. The summed E-state index contributed by atoms with van der Waals surface area (Å²) in [6.07, 6.45) is 0. The summed E-state index contributed by atoms with van der Waals surface area (Å²) in [4.78, 5) is 44.1. The van der Waals surface area contributed by atoms with Crippen LogP contribution in [0.5, 0.6) is 5.75 Å². The number of nitrogens with one attached hydrogen (secondary N) is 2. The van der Waals surface area contributed by atoms with Crippen LogP contribution in [0.1, 0.15) is 45.8 Å². The third-order valence-corrected chi connectivity index (χ3v) is 5.96. The molecule has 1 saturated heterocycles. The molecule has 1 unspecified atom stereocenters. The lowest BCUT2D eigenvalue weighted by Crippen LogP contribution is -3.06. The number of carbonyl (C=O) groups excluding carboxylic acids is 3. The molecule has 0 aliphatic carbocycles. The van der Waals surface area contributed by atoms with Crippen molar-refractivity contribution in [2.45, 2.75) is 26.8 Å². The van der Waals surface area contributed by atoms with Gasteiger partial charge in [-0.25, -0.2) is 4.79 Å². The quantitative estimate of drug-likeness (QED) is 0.247. The van der Waals surface area contributed by atoms with Crippen LogP contribution in [0, 0.1) is 13.8 Å². The lowest BCUT2D eigenvalue weighted by Gasteiger charge is -2.28. The topological polar surface area (TPSA) is 116 Å². The van der Waals surface area contributed by atoms with Crippen LogP contribution in [0.4, 0.5) is 0 Å². The summed E-state index contributed by atoms with van der Waals surface area (Å²) in [7, 11) is 5.39. The van der Waals surface area contributed by atoms with Gasteiger partial charge >= 0.3 is 5.97 Å². The number of para-hydroxylation sites is 1. The van der Waals surface area contributed by atoms with E-state index in [2.05, 4.69) is 4.98 Å². The molecule has 2 N–H and O–H groups in total. The van der Waals surface area contributed by atoms with Gasteiger partial charge in [-0.05, 0) is 38.0 Å². The maximum Gasteiger partial charge on any atom is 0.355 e. The molecule has 0 spiro atoms. The van der Waals surface area contributed by atoms with E-state index in [4.69, 9.17) is 9.47 Å². The van der Waals surface area contributed by atoms with Crippen LogP contribution in [-0.2, 0) is 14.3 Å². The second kappa shape index (κ2) is 10.1. The highest BCUT2D eigenvalue weighted by Crippen LogP contribution is 2.42. The van der Waals surface area contributed by atoms with E-state index in [1.165, 1.54) is 12.0 Å². The van der Waals surface area contributed by atoms with E-state index in [0.29, 0.717) is 29.1 Å². The summed E-state index contributed by atoms with van der Waals surface area (Å²) in [5.41, 5.74) is 1.56. The van der Waals surface area contributed by atoms with Crippen molar-refractivity contribution in [1.29, 1.82) is 0 Å². The van der Waals surface area contributed by atoms with Crippen molar-refractivity contribution in [3.63, 3.8) is 0 Å². The fourth-order valence-electron chi connectivity index (χ4n) is 4.29. The van der Waals surface area contributed by atoms with Crippen LogP contribution >= 0.6 is 0 Å². The lowest BCUT2D eigenvalue weighted by molar-refractivity contribution is -0.857. The molecule has 1 aromatic carbocycles. The number of likely N-dealkylation sites (tertiary alicyclic amines) is 1. The molecule has 1 aliphatic rings. The van der Waals surface area contributed by atoms with E-state index in [9.17, 15) is 19.5 Å². The molecule has 0 bridgehead atoms. The van der Waals surface area contributed by atoms with Crippen LogP contribution in [0.25, 0.3) is 5.76 Å². The molecule has 9 heteroatoms. The minimum Gasteiger partial charge on any atom is -0.872 e. The van der Waals surface area contributed by atoms with E-state index >= 15 is 0 Å². The largest absolute Gasteiger partial charge is 0.872 e. The molecule has 1 atom stereocenters. The molecule has 3 rings (SSSR count). The number of carbonyl (C=O) groups is 3. The SMILES string of the molecule is CCOC(=O)c1[nH]c(C)c(C([O-])=C2C(=O)C(=O)N(CC[NH+](C)C)C2c2ccccc2OC)c1C. The molecule has 0 saturated carbocycles. The van der Waals surface area contributed by atoms with Crippen molar-refractivity contribution in [2.75, 3.05) is 40.9 Å². The number of amides is 1. The third-order valence-electron chi connectivity index (χ3n) is 5.96. The van der Waals surface area contributed by atoms with Gasteiger partial charge in [-0.2, -0.15) is 0 Å². The monoisotopic (exact) mass is 469 g/mol. The number of likely N-dealkylation sites (N-methyl/N-ethyl adjacent to an activating group) is 1. The molecule has 9 nitrogen and oxygen atoms in total. The average Bonchev–Trinajstić information content (AvgIpc) is 3.24. The van der Waals surface area contributed by atoms with Gasteiger partial charge in [0.2, 0.25) is 5.78 Å². The molecule has 2 aromatic rings. The van der Waals surface area contributed by atoms with Crippen LogP contribution in [0.2, 0.25) is 0 Å². The van der Waals surface area contributed by atoms with Gasteiger partial charge in [0.15, 0.2) is 0 Å². The number of hydrogen-bond acceptors (Lipinski definition) is 6. The number of aryl methyl sites for hydroxylation is 1. The zero-order chi connectivity index (χ0) is 25.2. The van der Waals surface area contributed by atoms with Crippen LogP contribution < -0.4 is 14.7 Å². The smallest absolute Gasteiger partial charge is 0.355 e. The summed E-state index contributed by atoms with van der Waals surface area (Å²) in [6.45, 7) is 6.01. The van der Waals surface area contributed by atoms with Gasteiger partial charge in [-0.15, -0.1) is 0 Å². The number of benzene rings is 1. The number of aromatic nitrogens is 1. The summed E-state index contributed by atoms with van der Waals surface area (Å²) in [5, 5.41) is 13.9. The van der Waals surface area contributed by atoms with Crippen LogP contribution in [0.15, 0.2) is 29.8 Å². The van der Waals surface area contributed by atoms with E-state index in [0.717, 1.165) is 4.90 Å². The number of ether oxygens (including phenoxy) is 2. The zero-order valence-corrected chi connectivity index (χ0v) is 20.4. The van der Waals surface area contributed by atoms with E-state index in [-0.39, 0.29) is 30.0 Å².